The highest BCUT2D eigenvalue weighted by Crippen LogP contribution is 2.22. The van der Waals surface area contributed by atoms with Gasteiger partial charge in [-0.25, -0.2) is 0 Å². The van der Waals surface area contributed by atoms with Crippen LogP contribution in [-0.4, -0.2) is 61.1 Å². The summed E-state index contributed by atoms with van der Waals surface area (Å²) in [6.07, 6.45) is 6.18. The Labute approximate surface area is 152 Å². The van der Waals surface area contributed by atoms with Gasteiger partial charge < -0.3 is 9.64 Å². The molecule has 0 saturated carbocycles. The first-order valence-corrected chi connectivity index (χ1v) is 9.87. The van der Waals surface area contributed by atoms with Crippen LogP contribution in [0.25, 0.3) is 0 Å². The smallest absolute Gasteiger partial charge is 0.223 e. The Morgan fingerprint density at radius 3 is 2.64 bits per heavy atom. The van der Waals surface area contributed by atoms with Crippen molar-refractivity contribution in [1.29, 1.82) is 0 Å². The second kappa shape index (κ2) is 9.35. The number of likely N-dealkylation sites (tertiary alicyclic amines) is 1. The Kier molecular flexibility index (Phi) is 6.88. The standard InChI is InChI=1S/C21H32N2O2/c1-18-5-7-19(8-6-18)9-10-21(24)23-12-3-2-4-20(23)11-13-22-14-16-25-17-15-22/h5-8,20H,2-4,9-17H2,1H3/t20-/m1/s1. The SMILES string of the molecule is Cc1ccc(CCC(=O)N2CCCC[C@@H]2CCN2CCOCC2)cc1. The fourth-order valence-corrected chi connectivity index (χ4v) is 3.94. The Morgan fingerprint density at radius 1 is 1.12 bits per heavy atom. The highest BCUT2D eigenvalue weighted by atomic mass is 16.5. The molecule has 1 aromatic carbocycles. The molecule has 1 aromatic rings. The predicted octanol–water partition coefficient (Wildman–Crippen LogP) is 3.03. The molecule has 0 aliphatic carbocycles. The van der Waals surface area contributed by atoms with Crippen LogP contribution in [0.4, 0.5) is 0 Å². The lowest BCUT2D eigenvalue weighted by molar-refractivity contribution is -0.135. The lowest BCUT2D eigenvalue weighted by Crippen LogP contribution is -2.46. The second-order valence-corrected chi connectivity index (χ2v) is 7.47. The zero-order chi connectivity index (χ0) is 17.5. The monoisotopic (exact) mass is 344 g/mol. The van der Waals surface area contributed by atoms with Crippen molar-refractivity contribution in [2.45, 2.75) is 51.5 Å². The van der Waals surface area contributed by atoms with Crippen molar-refractivity contribution >= 4 is 5.91 Å². The summed E-state index contributed by atoms with van der Waals surface area (Å²) < 4.78 is 5.43. The van der Waals surface area contributed by atoms with Crippen LogP contribution in [0.5, 0.6) is 0 Å². The number of hydrogen-bond acceptors (Lipinski definition) is 3. The van der Waals surface area contributed by atoms with Gasteiger partial charge in [0.05, 0.1) is 13.2 Å². The topological polar surface area (TPSA) is 32.8 Å². The van der Waals surface area contributed by atoms with Gasteiger partial charge in [0.2, 0.25) is 5.91 Å². The number of nitrogens with zero attached hydrogens (tertiary/aromatic N) is 2. The minimum atomic E-state index is 0.340. The van der Waals surface area contributed by atoms with Crippen LogP contribution in [0.2, 0.25) is 0 Å². The number of hydrogen-bond donors (Lipinski definition) is 0. The first kappa shape index (κ1) is 18.4. The first-order valence-electron chi connectivity index (χ1n) is 9.87. The molecule has 2 heterocycles. The molecule has 0 unspecified atom stereocenters. The second-order valence-electron chi connectivity index (χ2n) is 7.47. The maximum Gasteiger partial charge on any atom is 0.223 e. The average molecular weight is 344 g/mol. The number of morpholine rings is 1. The molecule has 2 fully saturated rings. The number of rotatable bonds is 6. The maximum atomic E-state index is 12.8. The average Bonchev–Trinajstić information content (AvgIpc) is 2.67. The van der Waals surface area contributed by atoms with Gasteiger partial charge in [0.15, 0.2) is 0 Å². The molecule has 1 atom stereocenters. The summed E-state index contributed by atoms with van der Waals surface area (Å²) in [4.78, 5) is 17.5. The largest absolute Gasteiger partial charge is 0.379 e. The number of carbonyl (C=O) groups is 1. The molecule has 4 heteroatoms. The molecule has 138 valence electrons. The lowest BCUT2D eigenvalue weighted by atomic mass is 9.97. The minimum absolute atomic E-state index is 0.340. The van der Waals surface area contributed by atoms with Gasteiger partial charge in [0.1, 0.15) is 0 Å². The van der Waals surface area contributed by atoms with E-state index in [4.69, 9.17) is 4.74 Å². The number of benzene rings is 1. The molecule has 4 nitrogen and oxygen atoms in total. The molecule has 25 heavy (non-hydrogen) atoms. The molecule has 2 aliphatic rings. The van der Waals surface area contributed by atoms with Gasteiger partial charge in [0.25, 0.3) is 0 Å². The van der Waals surface area contributed by atoms with E-state index in [1.54, 1.807) is 0 Å². The van der Waals surface area contributed by atoms with Crippen molar-refractivity contribution < 1.29 is 9.53 Å². The Bertz CT molecular complexity index is 537. The first-order chi connectivity index (χ1) is 12.2. The Balaban J connectivity index is 1.48. The van der Waals surface area contributed by atoms with Gasteiger partial charge >= 0.3 is 0 Å². The summed E-state index contributed by atoms with van der Waals surface area (Å²) in [5, 5.41) is 0. The number of amides is 1. The number of aryl methyl sites for hydroxylation is 2. The summed E-state index contributed by atoms with van der Waals surface area (Å²) in [7, 11) is 0. The van der Waals surface area contributed by atoms with Gasteiger partial charge in [-0.1, -0.05) is 29.8 Å². The van der Waals surface area contributed by atoms with Crippen molar-refractivity contribution in [3.05, 3.63) is 35.4 Å². The van der Waals surface area contributed by atoms with Crippen LogP contribution in [-0.2, 0) is 16.0 Å². The van der Waals surface area contributed by atoms with Crippen molar-refractivity contribution in [3.8, 4) is 0 Å². The van der Waals surface area contributed by atoms with E-state index in [1.807, 2.05) is 0 Å². The highest BCUT2D eigenvalue weighted by molar-refractivity contribution is 5.77. The molecule has 3 rings (SSSR count). The van der Waals surface area contributed by atoms with Gasteiger partial charge in [-0.3, -0.25) is 9.69 Å². The van der Waals surface area contributed by atoms with Crippen LogP contribution < -0.4 is 0 Å². The molecule has 0 N–H and O–H groups in total. The van der Waals surface area contributed by atoms with E-state index in [2.05, 4.69) is 41.0 Å². The van der Waals surface area contributed by atoms with Crippen LogP contribution in [0.3, 0.4) is 0 Å². The van der Waals surface area contributed by atoms with Crippen molar-refractivity contribution in [2.24, 2.45) is 0 Å². The van der Waals surface area contributed by atoms with Gasteiger partial charge in [-0.2, -0.15) is 0 Å². The molecule has 0 bridgehead atoms. The van der Waals surface area contributed by atoms with Crippen molar-refractivity contribution in [3.63, 3.8) is 0 Å². The summed E-state index contributed by atoms with van der Waals surface area (Å²) in [6, 6.07) is 8.99. The lowest BCUT2D eigenvalue weighted by Gasteiger charge is -2.37. The molecule has 2 aliphatic heterocycles. The maximum absolute atomic E-state index is 12.8. The molecule has 2 saturated heterocycles. The van der Waals surface area contributed by atoms with Crippen LogP contribution in [0.1, 0.15) is 43.2 Å². The van der Waals surface area contributed by atoms with Gasteiger partial charge in [-0.05, 0) is 44.6 Å². The summed E-state index contributed by atoms with van der Waals surface area (Å²) >= 11 is 0. The molecular formula is C21H32N2O2. The van der Waals surface area contributed by atoms with Crippen LogP contribution in [0.15, 0.2) is 24.3 Å². The molecular weight excluding hydrogens is 312 g/mol. The molecule has 0 spiro atoms. The number of piperidine rings is 1. The van der Waals surface area contributed by atoms with E-state index in [-0.39, 0.29) is 0 Å². The third kappa shape index (κ3) is 5.55. The van der Waals surface area contributed by atoms with Crippen LogP contribution in [0, 0.1) is 6.92 Å². The fraction of sp³-hybridized carbons (Fsp3) is 0.667. The fourth-order valence-electron chi connectivity index (χ4n) is 3.94. The quantitative estimate of drug-likeness (QED) is 0.795. The van der Waals surface area contributed by atoms with E-state index in [0.29, 0.717) is 18.4 Å². The third-order valence-electron chi connectivity index (χ3n) is 5.58. The molecule has 1 amide bonds. The van der Waals surface area contributed by atoms with Gasteiger partial charge in [-0.15, -0.1) is 0 Å². The molecule has 0 radical (unpaired) electrons. The van der Waals surface area contributed by atoms with Crippen LogP contribution >= 0.6 is 0 Å². The highest BCUT2D eigenvalue weighted by Gasteiger charge is 2.26. The Morgan fingerprint density at radius 2 is 1.88 bits per heavy atom. The summed E-state index contributed by atoms with van der Waals surface area (Å²) in [6.45, 7) is 7.91. The van der Waals surface area contributed by atoms with E-state index in [0.717, 1.165) is 58.7 Å². The summed E-state index contributed by atoms with van der Waals surface area (Å²) in [5.74, 6) is 0.340. The van der Waals surface area contributed by atoms with Crippen molar-refractivity contribution in [2.75, 3.05) is 39.4 Å². The van der Waals surface area contributed by atoms with Crippen molar-refractivity contribution in [1.82, 2.24) is 9.80 Å². The number of carbonyl (C=O) groups excluding carboxylic acids is 1. The predicted molar refractivity (Wildman–Crippen MR) is 101 cm³/mol. The zero-order valence-electron chi connectivity index (χ0n) is 15.6. The Hall–Kier alpha value is -1.39. The minimum Gasteiger partial charge on any atom is -0.379 e. The molecule has 0 aromatic heterocycles. The third-order valence-corrected chi connectivity index (χ3v) is 5.58. The normalized spacial score (nSPS) is 22.1. The number of ether oxygens (including phenoxy) is 1. The van der Waals surface area contributed by atoms with E-state index >= 15 is 0 Å². The van der Waals surface area contributed by atoms with E-state index in [9.17, 15) is 4.79 Å². The van der Waals surface area contributed by atoms with E-state index < -0.39 is 0 Å². The van der Waals surface area contributed by atoms with Gasteiger partial charge in [0, 0.05) is 38.6 Å². The van der Waals surface area contributed by atoms with E-state index in [1.165, 1.54) is 24.0 Å². The summed E-state index contributed by atoms with van der Waals surface area (Å²) in [5.41, 5.74) is 2.54. The zero-order valence-corrected chi connectivity index (χ0v) is 15.6.